The maximum absolute atomic E-state index is 12.3. The summed E-state index contributed by atoms with van der Waals surface area (Å²) in [4.78, 5) is 40.0. The molecule has 0 aliphatic carbocycles. The van der Waals surface area contributed by atoms with Crippen LogP contribution in [0.4, 0.5) is 0 Å². The predicted octanol–water partition coefficient (Wildman–Crippen LogP) is 2.75. The number of aromatic nitrogens is 2. The van der Waals surface area contributed by atoms with E-state index in [0.717, 1.165) is 24.8 Å². The molecular weight excluding hydrogens is 468 g/mol. The van der Waals surface area contributed by atoms with E-state index >= 15 is 0 Å². The molecule has 8 nitrogen and oxygen atoms in total. The average Bonchev–Trinajstić information content (AvgIpc) is 3.13. The lowest BCUT2D eigenvalue weighted by Crippen LogP contribution is -2.33. The van der Waals surface area contributed by atoms with Gasteiger partial charge in [0.15, 0.2) is 0 Å². The zero-order valence-corrected chi connectivity index (χ0v) is 18.7. The van der Waals surface area contributed by atoms with Gasteiger partial charge >= 0.3 is 11.7 Å². The van der Waals surface area contributed by atoms with Crippen molar-refractivity contribution in [3.05, 3.63) is 73.0 Å². The van der Waals surface area contributed by atoms with E-state index < -0.39 is 35.7 Å². The Hall–Kier alpha value is -2.49. The number of rotatable bonds is 8. The number of nitrogens with one attached hydrogen (secondary N) is 1. The Balaban J connectivity index is 1.62. The summed E-state index contributed by atoms with van der Waals surface area (Å²) in [5.74, 6) is -0.507. The van der Waals surface area contributed by atoms with Gasteiger partial charge in [0.1, 0.15) is 18.9 Å². The topological polar surface area (TPSA) is 111 Å². The minimum Gasteiger partial charge on any atom is -0.459 e. The van der Waals surface area contributed by atoms with E-state index in [1.54, 1.807) is 12.1 Å². The number of ether oxygens (including phenoxy) is 2. The van der Waals surface area contributed by atoms with Gasteiger partial charge in [0.05, 0.1) is 17.2 Å². The molecule has 31 heavy (non-hydrogen) atoms. The number of aliphatic hydroxyl groups excluding tert-OH is 1. The first-order valence-electron chi connectivity index (χ1n) is 10.1. The Labute approximate surface area is 187 Å². The monoisotopic (exact) mass is 492 g/mol. The number of aliphatic hydroxyl groups is 1. The normalized spacial score (nSPS) is 20.9. The fourth-order valence-electron chi connectivity index (χ4n) is 3.37. The Morgan fingerprint density at radius 1 is 1.35 bits per heavy atom. The van der Waals surface area contributed by atoms with Crippen molar-refractivity contribution in [2.45, 2.75) is 51.0 Å². The zero-order valence-electron chi connectivity index (χ0n) is 17.1. The fraction of sp³-hybridized carbons (Fsp3) is 0.409. The first-order chi connectivity index (χ1) is 14.9. The summed E-state index contributed by atoms with van der Waals surface area (Å²) in [6, 6.07) is 7.26. The number of esters is 1. The second kappa shape index (κ2) is 10.7. The molecule has 2 heterocycles. The van der Waals surface area contributed by atoms with Gasteiger partial charge in [-0.2, -0.15) is 0 Å². The van der Waals surface area contributed by atoms with E-state index in [4.69, 9.17) is 9.47 Å². The molecule has 2 N–H and O–H groups in total. The number of halogens is 1. The molecule has 1 unspecified atom stereocenters. The summed E-state index contributed by atoms with van der Waals surface area (Å²) in [5, 5.41) is 10.3. The molecule has 3 rings (SSSR count). The number of carbonyl (C=O) groups excluding carboxylic acids is 1. The van der Waals surface area contributed by atoms with E-state index in [9.17, 15) is 19.5 Å². The van der Waals surface area contributed by atoms with Crippen LogP contribution >= 0.6 is 15.9 Å². The van der Waals surface area contributed by atoms with Crippen molar-refractivity contribution in [2.24, 2.45) is 0 Å². The van der Waals surface area contributed by atoms with Crippen molar-refractivity contribution in [1.82, 2.24) is 9.55 Å². The van der Waals surface area contributed by atoms with E-state index in [1.165, 1.54) is 21.8 Å². The van der Waals surface area contributed by atoms with Crippen LogP contribution in [-0.4, -0.2) is 39.4 Å². The van der Waals surface area contributed by atoms with Crippen molar-refractivity contribution < 1.29 is 19.4 Å². The number of carbonyl (C=O) groups is 1. The van der Waals surface area contributed by atoms with Crippen LogP contribution in [-0.2, 0) is 15.9 Å². The number of aryl methyl sites for hydroxylation is 1. The first kappa shape index (κ1) is 23.2. The molecule has 1 fully saturated rings. The van der Waals surface area contributed by atoms with E-state index in [2.05, 4.69) is 27.8 Å². The van der Waals surface area contributed by atoms with Gasteiger partial charge in [-0.3, -0.25) is 14.3 Å². The van der Waals surface area contributed by atoms with Crippen molar-refractivity contribution in [1.29, 1.82) is 0 Å². The zero-order chi connectivity index (χ0) is 22.4. The third-order valence-corrected chi connectivity index (χ3v) is 5.40. The lowest BCUT2D eigenvalue weighted by Gasteiger charge is -2.16. The van der Waals surface area contributed by atoms with Crippen molar-refractivity contribution in [3.8, 4) is 0 Å². The largest absolute Gasteiger partial charge is 0.459 e. The summed E-state index contributed by atoms with van der Waals surface area (Å²) in [5.41, 5.74) is 0.673. The van der Waals surface area contributed by atoms with Crippen molar-refractivity contribution in [2.75, 3.05) is 6.61 Å². The maximum atomic E-state index is 12.3. The van der Waals surface area contributed by atoms with Crippen LogP contribution in [0.25, 0.3) is 6.08 Å². The smallest absolute Gasteiger partial charge is 0.338 e. The van der Waals surface area contributed by atoms with Crippen LogP contribution < -0.4 is 11.2 Å². The summed E-state index contributed by atoms with van der Waals surface area (Å²) < 4.78 is 12.3. The third-order valence-electron chi connectivity index (χ3n) is 5.14. The summed E-state index contributed by atoms with van der Waals surface area (Å²) in [6.45, 7) is 1.98. The van der Waals surface area contributed by atoms with Gasteiger partial charge in [-0.25, -0.2) is 9.59 Å². The summed E-state index contributed by atoms with van der Waals surface area (Å²) in [7, 11) is 0. The molecule has 0 spiro atoms. The average molecular weight is 493 g/mol. The van der Waals surface area contributed by atoms with Gasteiger partial charge in [0.25, 0.3) is 5.56 Å². The number of hydrogen-bond donors (Lipinski definition) is 2. The van der Waals surface area contributed by atoms with Crippen molar-refractivity contribution >= 4 is 28.0 Å². The molecule has 0 saturated carbocycles. The van der Waals surface area contributed by atoms with Crippen LogP contribution in [0.3, 0.4) is 0 Å². The highest BCUT2D eigenvalue weighted by atomic mass is 79.9. The Bertz CT molecular complexity index is 1040. The number of nitrogens with zero attached hydrogens (tertiary/aromatic N) is 1. The fourth-order valence-corrected chi connectivity index (χ4v) is 3.65. The van der Waals surface area contributed by atoms with Crippen LogP contribution in [0.5, 0.6) is 0 Å². The molecule has 0 amide bonds. The molecule has 1 aliphatic heterocycles. The minimum absolute atomic E-state index is 0.123. The van der Waals surface area contributed by atoms with E-state index in [0.29, 0.717) is 5.56 Å². The second-order valence-electron chi connectivity index (χ2n) is 7.37. The Kier molecular flexibility index (Phi) is 8.00. The number of H-pyrrole nitrogens is 1. The second-order valence-corrected chi connectivity index (χ2v) is 7.90. The van der Waals surface area contributed by atoms with Gasteiger partial charge in [0, 0.05) is 12.6 Å². The number of hydrogen-bond acceptors (Lipinski definition) is 6. The summed E-state index contributed by atoms with van der Waals surface area (Å²) in [6.07, 6.45) is 3.64. The predicted molar refractivity (Wildman–Crippen MR) is 119 cm³/mol. The molecule has 1 saturated heterocycles. The summed E-state index contributed by atoms with van der Waals surface area (Å²) >= 11 is 3.09. The Morgan fingerprint density at radius 2 is 2.10 bits per heavy atom. The van der Waals surface area contributed by atoms with Gasteiger partial charge in [0.2, 0.25) is 0 Å². The standard InChI is InChI=1S/C22H25BrN2O6/c1-2-3-4-14-5-7-15(8-6-14)21(28)30-13-18-17(26)11-19(31-18)25-12-16(9-10-23)20(27)24-22(25)29/h5-10,12,17-19,26H,2-4,11,13H2,1H3,(H,24,27,29)/b10-9+/t17?,18-,19-/m0/s1. The lowest BCUT2D eigenvalue weighted by molar-refractivity contribution is -0.0532. The highest BCUT2D eigenvalue weighted by Crippen LogP contribution is 2.28. The maximum Gasteiger partial charge on any atom is 0.338 e. The van der Waals surface area contributed by atoms with Gasteiger partial charge in [-0.1, -0.05) is 41.4 Å². The van der Waals surface area contributed by atoms with Crippen molar-refractivity contribution in [3.63, 3.8) is 0 Å². The van der Waals surface area contributed by atoms with Gasteiger partial charge in [-0.05, 0) is 41.6 Å². The number of aromatic amines is 1. The van der Waals surface area contributed by atoms with Crippen LogP contribution in [0.15, 0.2) is 45.0 Å². The molecule has 2 aromatic rings. The van der Waals surface area contributed by atoms with Crippen LogP contribution in [0, 0.1) is 0 Å². The molecule has 0 radical (unpaired) electrons. The molecule has 1 aromatic heterocycles. The Morgan fingerprint density at radius 3 is 2.77 bits per heavy atom. The molecular formula is C22H25BrN2O6. The highest BCUT2D eigenvalue weighted by Gasteiger charge is 2.36. The number of unbranched alkanes of at least 4 members (excludes halogenated alkanes) is 1. The lowest BCUT2D eigenvalue weighted by atomic mass is 10.1. The van der Waals surface area contributed by atoms with E-state index in [1.807, 2.05) is 12.1 Å². The van der Waals surface area contributed by atoms with Gasteiger partial charge < -0.3 is 14.6 Å². The quantitative estimate of drug-likeness (QED) is 0.548. The highest BCUT2D eigenvalue weighted by molar-refractivity contribution is 9.11. The third kappa shape index (κ3) is 5.81. The van der Waals surface area contributed by atoms with Gasteiger partial charge in [-0.15, -0.1) is 0 Å². The molecule has 3 atom stereocenters. The first-order valence-corrected chi connectivity index (χ1v) is 11.1. The molecule has 166 valence electrons. The molecule has 0 bridgehead atoms. The molecule has 1 aliphatic rings. The molecule has 1 aromatic carbocycles. The van der Waals surface area contributed by atoms with Crippen LogP contribution in [0.1, 0.15) is 53.9 Å². The SMILES string of the molecule is CCCCc1ccc(C(=O)OC[C@@H]2O[C@H](n3cc(/C=C/Br)c(=O)[nH]c3=O)CC2O)cc1. The van der Waals surface area contributed by atoms with Crippen LogP contribution in [0.2, 0.25) is 0 Å². The number of benzene rings is 1. The molecule has 9 heteroatoms. The van der Waals surface area contributed by atoms with E-state index in [-0.39, 0.29) is 18.6 Å². The minimum atomic E-state index is -0.928.